The molecule has 3 rings (SSSR count). The Balaban J connectivity index is 1.87. The van der Waals surface area contributed by atoms with E-state index in [4.69, 9.17) is 0 Å². The van der Waals surface area contributed by atoms with Gasteiger partial charge in [-0.15, -0.1) is 0 Å². The Morgan fingerprint density at radius 3 is 2.30 bits per heavy atom. The molecule has 23 heavy (non-hydrogen) atoms. The molecule has 0 N–H and O–H groups in total. The molecular formula is C20H20O3. The predicted molar refractivity (Wildman–Crippen MR) is 89.2 cm³/mol. The van der Waals surface area contributed by atoms with Crippen molar-refractivity contribution in [3.05, 3.63) is 48.0 Å². The number of benzene rings is 2. The highest BCUT2D eigenvalue weighted by molar-refractivity contribution is 6.21. The van der Waals surface area contributed by atoms with Gasteiger partial charge in [0.25, 0.3) is 0 Å². The third kappa shape index (κ3) is 3.09. The molecule has 3 nitrogen and oxygen atoms in total. The Morgan fingerprint density at radius 1 is 1.00 bits per heavy atom. The van der Waals surface area contributed by atoms with E-state index in [2.05, 4.69) is 0 Å². The average molecular weight is 308 g/mol. The second-order valence-corrected chi connectivity index (χ2v) is 7.16. The van der Waals surface area contributed by atoms with Crippen molar-refractivity contribution >= 4 is 28.1 Å². The number of hydrogen-bond donors (Lipinski definition) is 0. The second-order valence-electron chi connectivity index (χ2n) is 7.16. The van der Waals surface area contributed by atoms with Crippen LogP contribution in [0.4, 0.5) is 0 Å². The van der Waals surface area contributed by atoms with E-state index in [1.54, 1.807) is 0 Å². The van der Waals surface area contributed by atoms with Crippen molar-refractivity contribution in [1.29, 1.82) is 0 Å². The number of ketones is 3. The van der Waals surface area contributed by atoms with Gasteiger partial charge in [0, 0.05) is 19.3 Å². The fourth-order valence-corrected chi connectivity index (χ4v) is 3.49. The summed E-state index contributed by atoms with van der Waals surface area (Å²) in [4.78, 5) is 37.1. The van der Waals surface area contributed by atoms with Crippen LogP contribution >= 0.6 is 0 Å². The molecule has 0 aliphatic heterocycles. The molecule has 1 saturated carbocycles. The Kier molecular flexibility index (Phi) is 3.88. The number of fused-ring (bicyclic) bond motifs is 1. The van der Waals surface area contributed by atoms with Crippen LogP contribution in [-0.4, -0.2) is 17.3 Å². The summed E-state index contributed by atoms with van der Waals surface area (Å²) in [6, 6.07) is 13.6. The third-order valence-electron chi connectivity index (χ3n) is 4.52. The fraction of sp³-hybridized carbons (Fsp3) is 0.350. The molecule has 1 aliphatic rings. The lowest BCUT2D eigenvalue weighted by Crippen LogP contribution is -2.42. The van der Waals surface area contributed by atoms with Crippen molar-refractivity contribution < 1.29 is 14.4 Å². The zero-order valence-corrected chi connectivity index (χ0v) is 13.5. The molecule has 3 heteroatoms. The molecule has 0 saturated heterocycles. The van der Waals surface area contributed by atoms with Crippen LogP contribution in [0.25, 0.3) is 10.8 Å². The quantitative estimate of drug-likeness (QED) is 0.815. The van der Waals surface area contributed by atoms with E-state index in [0.29, 0.717) is 12.8 Å². The molecule has 0 bridgehead atoms. The topological polar surface area (TPSA) is 51.2 Å². The number of rotatable bonds is 3. The molecule has 0 aromatic heterocycles. The van der Waals surface area contributed by atoms with Crippen LogP contribution in [-0.2, 0) is 20.8 Å². The minimum Gasteiger partial charge on any atom is -0.298 e. The molecule has 0 atom stereocenters. The molecular weight excluding hydrogens is 288 g/mol. The van der Waals surface area contributed by atoms with Crippen molar-refractivity contribution in [2.45, 2.75) is 33.1 Å². The van der Waals surface area contributed by atoms with Crippen molar-refractivity contribution in [2.75, 3.05) is 0 Å². The molecule has 2 aromatic carbocycles. The highest BCUT2D eigenvalue weighted by Crippen LogP contribution is 2.34. The molecule has 0 spiro atoms. The van der Waals surface area contributed by atoms with Gasteiger partial charge in [0.1, 0.15) is 5.92 Å². The van der Waals surface area contributed by atoms with Gasteiger partial charge in [0.15, 0.2) is 17.3 Å². The summed E-state index contributed by atoms with van der Waals surface area (Å²) in [5.74, 6) is -1.79. The van der Waals surface area contributed by atoms with Crippen molar-refractivity contribution in [1.82, 2.24) is 0 Å². The highest BCUT2D eigenvalue weighted by Gasteiger charge is 2.42. The average Bonchev–Trinajstić information content (AvgIpc) is 2.45. The zero-order chi connectivity index (χ0) is 16.6. The maximum Gasteiger partial charge on any atom is 0.155 e. The Hall–Kier alpha value is -2.29. The van der Waals surface area contributed by atoms with Gasteiger partial charge in [-0.05, 0) is 21.8 Å². The maximum absolute atomic E-state index is 12.6. The van der Waals surface area contributed by atoms with E-state index in [9.17, 15) is 14.4 Å². The van der Waals surface area contributed by atoms with E-state index < -0.39 is 5.92 Å². The van der Waals surface area contributed by atoms with E-state index in [1.807, 2.05) is 56.3 Å². The molecule has 0 radical (unpaired) electrons. The van der Waals surface area contributed by atoms with Crippen LogP contribution < -0.4 is 0 Å². The van der Waals surface area contributed by atoms with Crippen LogP contribution in [0.15, 0.2) is 42.5 Å². The van der Waals surface area contributed by atoms with Crippen LogP contribution in [0, 0.1) is 11.3 Å². The number of hydrogen-bond acceptors (Lipinski definition) is 3. The van der Waals surface area contributed by atoms with E-state index in [0.717, 1.165) is 16.3 Å². The summed E-state index contributed by atoms with van der Waals surface area (Å²) in [5.41, 5.74) is 0.545. The minimum atomic E-state index is -1.07. The number of Topliss-reactive ketones (excluding diaryl/α,β-unsaturated/α-hetero) is 3. The number of carbonyl (C=O) groups is 3. The van der Waals surface area contributed by atoms with E-state index in [1.165, 1.54) is 0 Å². The summed E-state index contributed by atoms with van der Waals surface area (Å²) in [6.07, 6.45) is 0.722. The SMILES string of the molecule is CC1(C)CC(=O)C(C(=O)Cc2cccc3ccccc23)C(=O)C1. The van der Waals surface area contributed by atoms with Crippen LogP contribution in [0.3, 0.4) is 0 Å². The molecule has 2 aromatic rings. The molecule has 1 fully saturated rings. The molecule has 1 aliphatic carbocycles. The van der Waals surface area contributed by atoms with Gasteiger partial charge in [-0.25, -0.2) is 0 Å². The monoisotopic (exact) mass is 308 g/mol. The minimum absolute atomic E-state index is 0.129. The summed E-state index contributed by atoms with van der Waals surface area (Å²) < 4.78 is 0. The standard InChI is InChI=1S/C20H20O3/c1-20(2)11-17(22)19(18(23)12-20)16(21)10-14-8-5-7-13-6-3-4-9-15(13)14/h3-9,19H,10-12H2,1-2H3. The van der Waals surface area contributed by atoms with Gasteiger partial charge in [-0.3, -0.25) is 14.4 Å². The lowest BCUT2D eigenvalue weighted by molar-refractivity contribution is -0.144. The summed E-state index contributed by atoms with van der Waals surface area (Å²) in [5, 5.41) is 2.06. The van der Waals surface area contributed by atoms with E-state index in [-0.39, 0.29) is 29.2 Å². The summed E-state index contributed by atoms with van der Waals surface area (Å²) in [6.45, 7) is 3.79. The summed E-state index contributed by atoms with van der Waals surface area (Å²) >= 11 is 0. The molecule has 118 valence electrons. The van der Waals surface area contributed by atoms with Gasteiger partial charge < -0.3 is 0 Å². The van der Waals surface area contributed by atoms with Crippen LogP contribution in [0.1, 0.15) is 32.3 Å². The van der Waals surface area contributed by atoms with E-state index >= 15 is 0 Å². The Bertz CT molecular complexity index is 776. The first kappa shape index (κ1) is 15.6. The smallest absolute Gasteiger partial charge is 0.155 e. The van der Waals surface area contributed by atoms with Gasteiger partial charge >= 0.3 is 0 Å². The number of carbonyl (C=O) groups excluding carboxylic acids is 3. The summed E-state index contributed by atoms with van der Waals surface area (Å²) in [7, 11) is 0. The first-order valence-electron chi connectivity index (χ1n) is 7.92. The lowest BCUT2D eigenvalue weighted by atomic mass is 9.70. The lowest BCUT2D eigenvalue weighted by Gasteiger charge is -2.31. The highest BCUT2D eigenvalue weighted by atomic mass is 16.2. The normalized spacial score (nSPS) is 18.3. The zero-order valence-electron chi connectivity index (χ0n) is 13.5. The maximum atomic E-state index is 12.6. The molecule has 0 heterocycles. The van der Waals surface area contributed by atoms with Gasteiger partial charge in [0.05, 0.1) is 0 Å². The van der Waals surface area contributed by atoms with Crippen LogP contribution in [0.2, 0.25) is 0 Å². The van der Waals surface area contributed by atoms with Crippen molar-refractivity contribution in [3.63, 3.8) is 0 Å². The van der Waals surface area contributed by atoms with Gasteiger partial charge in [0.2, 0.25) is 0 Å². The third-order valence-corrected chi connectivity index (χ3v) is 4.52. The van der Waals surface area contributed by atoms with Crippen molar-refractivity contribution in [3.8, 4) is 0 Å². The largest absolute Gasteiger partial charge is 0.298 e. The van der Waals surface area contributed by atoms with Crippen LogP contribution in [0.5, 0.6) is 0 Å². The Labute approximate surface area is 135 Å². The van der Waals surface area contributed by atoms with Gasteiger partial charge in [-0.1, -0.05) is 56.3 Å². The van der Waals surface area contributed by atoms with Gasteiger partial charge in [-0.2, -0.15) is 0 Å². The molecule has 0 unspecified atom stereocenters. The fourth-order valence-electron chi connectivity index (χ4n) is 3.49. The molecule has 0 amide bonds. The first-order valence-corrected chi connectivity index (χ1v) is 7.92. The first-order chi connectivity index (χ1) is 10.9. The predicted octanol–water partition coefficient (Wildman–Crippen LogP) is 3.53. The second kappa shape index (κ2) is 5.73. The Morgan fingerprint density at radius 2 is 1.61 bits per heavy atom. The van der Waals surface area contributed by atoms with Crippen molar-refractivity contribution in [2.24, 2.45) is 11.3 Å².